The third-order valence-electron chi connectivity index (χ3n) is 10.2. The Morgan fingerprint density at radius 1 is 0.917 bits per heavy atom. The lowest BCUT2D eigenvalue weighted by atomic mass is 9.36. The lowest BCUT2D eigenvalue weighted by molar-refractivity contribution is -0.301. The summed E-state index contributed by atoms with van der Waals surface area (Å²) in [6, 6.07) is 0. The molecule has 9 nitrogen and oxygen atoms in total. The molecule has 0 radical (unpaired) electrons. The number of hydrogen-bond acceptors (Lipinski definition) is 8. The molecule has 206 valence electrons. The maximum absolute atomic E-state index is 13.6. The average molecular weight is 539 g/mol. The second kappa shape index (κ2) is 8.29. The highest BCUT2D eigenvalue weighted by molar-refractivity contribution is 7.86. The predicted octanol–water partition coefficient (Wildman–Crippen LogP) is 2.66. The number of esters is 1. The minimum atomic E-state index is -6.00. The van der Waals surface area contributed by atoms with Crippen LogP contribution in [0, 0.1) is 16.7 Å². The fraction of sp³-hybridized carbons (Fsp3) is 0.958. The van der Waals surface area contributed by atoms with Crippen molar-refractivity contribution in [2.45, 2.75) is 118 Å². The van der Waals surface area contributed by atoms with E-state index in [2.05, 4.69) is 4.74 Å². The molecule has 0 aromatic rings. The number of aliphatic hydroxyl groups is 3. The van der Waals surface area contributed by atoms with Crippen LogP contribution >= 0.6 is 0 Å². The summed E-state index contributed by atoms with van der Waals surface area (Å²) in [7, 11) is -6.00. The van der Waals surface area contributed by atoms with E-state index in [1.165, 1.54) is 0 Å². The number of aliphatic hydroxyl groups excluding tert-OH is 1. The molecule has 4 bridgehead atoms. The standard InChI is InChI=1S/C24H36F2O9S/c25-24(26,36(31,32)33)18(28)35-17(27)12-34-21-11-16-9-19(14-21,22(29)5-1-2-6-22)13-20(10-16,15-21)23(30)7-3-4-8-23/h16,18,28-30H,1-15H2,(H,31,32,33). The third-order valence-corrected chi connectivity index (χ3v) is 11.1. The van der Waals surface area contributed by atoms with Crippen molar-refractivity contribution in [1.29, 1.82) is 0 Å². The molecule has 4 N–H and O–H groups in total. The van der Waals surface area contributed by atoms with Crippen LogP contribution in [0.2, 0.25) is 0 Å². The Hall–Kier alpha value is -0.920. The maximum Gasteiger partial charge on any atom is 0.430 e. The van der Waals surface area contributed by atoms with Gasteiger partial charge in [-0.15, -0.1) is 0 Å². The summed E-state index contributed by atoms with van der Waals surface area (Å²) in [6.07, 6.45) is 6.82. The number of alkyl halides is 2. The van der Waals surface area contributed by atoms with Gasteiger partial charge >= 0.3 is 21.3 Å². The van der Waals surface area contributed by atoms with Crippen LogP contribution in [0.5, 0.6) is 0 Å². The average Bonchev–Trinajstić information content (AvgIpc) is 3.41. The van der Waals surface area contributed by atoms with Crippen molar-refractivity contribution in [1.82, 2.24) is 0 Å². The van der Waals surface area contributed by atoms with E-state index in [4.69, 9.17) is 9.29 Å². The first-order valence-electron chi connectivity index (χ1n) is 12.9. The zero-order chi connectivity index (χ0) is 26.3. The van der Waals surface area contributed by atoms with Gasteiger partial charge in [0.15, 0.2) is 0 Å². The molecule has 0 spiro atoms. The Balaban J connectivity index is 1.39. The Morgan fingerprint density at radius 3 is 1.83 bits per heavy atom. The number of carbonyl (C=O) groups is 1. The molecule has 0 saturated heterocycles. The molecule has 6 aliphatic rings. The van der Waals surface area contributed by atoms with Crippen LogP contribution in [0.1, 0.15) is 89.9 Å². The SMILES string of the molecule is O=C(COC12CC3CC(C4(O)CCCC4)(C1)CC(C1(O)CCCC1)(C3)C2)OC(O)C(F)(F)S(=O)(=O)O. The fourth-order valence-electron chi connectivity index (χ4n) is 9.10. The first kappa shape index (κ1) is 26.7. The van der Waals surface area contributed by atoms with Gasteiger partial charge in [0, 0.05) is 10.8 Å². The number of carbonyl (C=O) groups excluding carboxylic acids is 1. The molecule has 0 aromatic carbocycles. The molecule has 3 atom stereocenters. The number of rotatable bonds is 8. The number of halogens is 2. The van der Waals surface area contributed by atoms with Gasteiger partial charge in [-0.1, -0.05) is 25.7 Å². The molecule has 36 heavy (non-hydrogen) atoms. The van der Waals surface area contributed by atoms with Crippen molar-refractivity contribution in [3.05, 3.63) is 0 Å². The Labute approximate surface area is 209 Å². The van der Waals surface area contributed by atoms with Crippen LogP contribution in [0.3, 0.4) is 0 Å². The molecular formula is C24H36F2O9S. The first-order chi connectivity index (χ1) is 16.6. The summed E-state index contributed by atoms with van der Waals surface area (Å²) in [6.45, 7) is -0.811. The summed E-state index contributed by atoms with van der Waals surface area (Å²) < 4.78 is 67.8. The van der Waals surface area contributed by atoms with Crippen LogP contribution in [-0.4, -0.2) is 69.2 Å². The van der Waals surface area contributed by atoms with Gasteiger partial charge in [-0.3, -0.25) is 4.55 Å². The summed E-state index contributed by atoms with van der Waals surface area (Å²) in [4.78, 5) is 12.3. The molecule has 0 heterocycles. The lowest BCUT2D eigenvalue weighted by Gasteiger charge is -2.71. The fourth-order valence-corrected chi connectivity index (χ4v) is 9.40. The zero-order valence-electron chi connectivity index (χ0n) is 20.3. The van der Waals surface area contributed by atoms with Gasteiger partial charge in [0.2, 0.25) is 0 Å². The van der Waals surface area contributed by atoms with E-state index in [1.54, 1.807) is 0 Å². The van der Waals surface area contributed by atoms with E-state index in [-0.39, 0.29) is 5.92 Å². The smallest absolute Gasteiger partial charge is 0.426 e. The van der Waals surface area contributed by atoms with Crippen molar-refractivity contribution in [2.75, 3.05) is 6.61 Å². The van der Waals surface area contributed by atoms with Crippen LogP contribution in [-0.2, 0) is 24.4 Å². The van der Waals surface area contributed by atoms with Crippen molar-refractivity contribution in [3.8, 4) is 0 Å². The van der Waals surface area contributed by atoms with Crippen molar-refractivity contribution >= 4 is 16.1 Å². The largest absolute Gasteiger partial charge is 0.430 e. The number of hydrogen-bond donors (Lipinski definition) is 4. The summed E-state index contributed by atoms with van der Waals surface area (Å²) in [5.41, 5.74) is -3.64. The topological polar surface area (TPSA) is 151 Å². The van der Waals surface area contributed by atoms with Crippen LogP contribution < -0.4 is 0 Å². The van der Waals surface area contributed by atoms with E-state index in [0.717, 1.165) is 38.5 Å². The van der Waals surface area contributed by atoms with Crippen molar-refractivity contribution in [2.24, 2.45) is 16.7 Å². The highest BCUT2D eigenvalue weighted by Gasteiger charge is 2.73. The van der Waals surface area contributed by atoms with Crippen molar-refractivity contribution < 1.29 is 51.3 Å². The first-order valence-corrected chi connectivity index (χ1v) is 14.3. The maximum atomic E-state index is 13.6. The van der Waals surface area contributed by atoms with Gasteiger partial charge < -0.3 is 24.8 Å². The van der Waals surface area contributed by atoms with Gasteiger partial charge in [0.05, 0.1) is 16.8 Å². The van der Waals surface area contributed by atoms with Gasteiger partial charge in [0.1, 0.15) is 6.61 Å². The van der Waals surface area contributed by atoms with Gasteiger partial charge in [-0.25, -0.2) is 4.79 Å². The highest BCUT2D eigenvalue weighted by Crippen LogP contribution is 2.75. The van der Waals surface area contributed by atoms with E-state index in [0.29, 0.717) is 51.4 Å². The second-order valence-corrected chi connectivity index (χ2v) is 13.9. The Bertz CT molecular complexity index is 965. The van der Waals surface area contributed by atoms with E-state index in [9.17, 15) is 37.3 Å². The van der Waals surface area contributed by atoms with Crippen LogP contribution in [0.4, 0.5) is 8.78 Å². The monoisotopic (exact) mass is 538 g/mol. The molecule has 6 rings (SSSR count). The Kier molecular flexibility index (Phi) is 6.14. The molecular weight excluding hydrogens is 502 g/mol. The molecule has 0 aliphatic heterocycles. The molecule has 0 aromatic heterocycles. The summed E-state index contributed by atoms with van der Waals surface area (Å²) >= 11 is 0. The van der Waals surface area contributed by atoms with E-state index < -0.39 is 61.9 Å². The quantitative estimate of drug-likeness (QED) is 0.208. The zero-order valence-corrected chi connectivity index (χ0v) is 21.1. The van der Waals surface area contributed by atoms with E-state index in [1.807, 2.05) is 0 Å². The molecule has 3 unspecified atom stereocenters. The van der Waals surface area contributed by atoms with Crippen LogP contribution in [0.15, 0.2) is 0 Å². The highest BCUT2D eigenvalue weighted by atomic mass is 32.2. The minimum absolute atomic E-state index is 0.168. The van der Waals surface area contributed by atoms with Gasteiger partial charge in [-0.05, 0) is 70.1 Å². The van der Waals surface area contributed by atoms with Crippen LogP contribution in [0.25, 0.3) is 0 Å². The normalized spacial score (nSPS) is 39.9. The lowest BCUT2D eigenvalue weighted by Crippen LogP contribution is -2.71. The van der Waals surface area contributed by atoms with Gasteiger partial charge in [0.25, 0.3) is 6.29 Å². The molecule has 12 heteroatoms. The second-order valence-electron chi connectivity index (χ2n) is 12.4. The summed E-state index contributed by atoms with van der Waals surface area (Å²) in [5, 5.41) is 28.0. The molecule has 6 saturated carbocycles. The molecule has 6 aliphatic carbocycles. The number of ether oxygens (including phenoxy) is 2. The molecule has 0 amide bonds. The molecule has 6 fully saturated rings. The Morgan fingerprint density at radius 2 is 1.39 bits per heavy atom. The summed E-state index contributed by atoms with van der Waals surface area (Å²) in [5.74, 6) is -1.23. The predicted molar refractivity (Wildman–Crippen MR) is 120 cm³/mol. The minimum Gasteiger partial charge on any atom is -0.426 e. The van der Waals surface area contributed by atoms with Crippen molar-refractivity contribution in [3.63, 3.8) is 0 Å². The van der Waals surface area contributed by atoms with E-state index >= 15 is 0 Å². The third kappa shape index (κ3) is 3.93. The van der Waals surface area contributed by atoms with Gasteiger partial charge in [-0.2, -0.15) is 17.2 Å².